The monoisotopic (exact) mass is 500 g/mol. The van der Waals surface area contributed by atoms with Gasteiger partial charge in [-0.1, -0.05) is 29.3 Å². The number of sulfonamides is 1. The number of carbonyl (C=O) groups is 1. The molecule has 0 radical (unpaired) electrons. The summed E-state index contributed by atoms with van der Waals surface area (Å²) in [6.45, 7) is 1.17. The van der Waals surface area contributed by atoms with Gasteiger partial charge in [-0.2, -0.15) is 0 Å². The second kappa shape index (κ2) is 11.2. The lowest BCUT2D eigenvalue weighted by molar-refractivity contribution is -0.126. The van der Waals surface area contributed by atoms with Crippen molar-refractivity contribution < 1.29 is 22.7 Å². The summed E-state index contributed by atoms with van der Waals surface area (Å²) in [6.07, 6.45) is 1.26. The predicted octanol–water partition coefficient (Wildman–Crippen LogP) is 3.74. The van der Waals surface area contributed by atoms with Gasteiger partial charge in [0.05, 0.1) is 25.3 Å². The summed E-state index contributed by atoms with van der Waals surface area (Å²) in [5.74, 6) is 0.608. The summed E-state index contributed by atoms with van der Waals surface area (Å²) in [5, 5.41) is 3.59. The molecule has 1 aliphatic rings. The summed E-state index contributed by atoms with van der Waals surface area (Å²) < 4.78 is 37.9. The number of piperidine rings is 1. The average Bonchev–Trinajstić information content (AvgIpc) is 2.79. The van der Waals surface area contributed by atoms with E-state index < -0.39 is 15.9 Å². The van der Waals surface area contributed by atoms with Gasteiger partial charge >= 0.3 is 0 Å². The molecule has 0 bridgehead atoms. The van der Waals surface area contributed by atoms with Crippen LogP contribution in [0.4, 0.5) is 0 Å². The molecule has 10 heteroatoms. The molecule has 1 heterocycles. The molecule has 0 aromatic heterocycles. The van der Waals surface area contributed by atoms with Crippen LogP contribution < -0.4 is 14.8 Å². The van der Waals surface area contributed by atoms with Crippen LogP contribution in [0.3, 0.4) is 0 Å². The first-order chi connectivity index (χ1) is 15.3. The van der Waals surface area contributed by atoms with Crippen LogP contribution in [0.15, 0.2) is 42.5 Å². The molecule has 1 amide bonds. The lowest BCUT2D eigenvalue weighted by Gasteiger charge is -2.31. The fourth-order valence-electron chi connectivity index (χ4n) is 3.50. The Morgan fingerprint density at radius 1 is 1.16 bits per heavy atom. The zero-order chi connectivity index (χ0) is 23.1. The Morgan fingerprint density at radius 2 is 1.88 bits per heavy atom. The van der Waals surface area contributed by atoms with Crippen LogP contribution in [-0.2, 0) is 20.6 Å². The lowest BCUT2D eigenvalue weighted by Crippen LogP contribution is -2.46. The van der Waals surface area contributed by atoms with E-state index in [1.165, 1.54) is 10.4 Å². The Labute approximate surface area is 198 Å². The van der Waals surface area contributed by atoms with Crippen molar-refractivity contribution in [3.05, 3.63) is 58.1 Å². The van der Waals surface area contributed by atoms with Crippen LogP contribution in [0.1, 0.15) is 18.4 Å². The largest absolute Gasteiger partial charge is 0.497 e. The SMILES string of the molecule is COc1ccc(OCCNC(=O)[C@@H]2CCCN(S(=O)(=O)Cc3ccc(Cl)cc3Cl)C2)cc1. The minimum Gasteiger partial charge on any atom is -0.497 e. The molecule has 2 aromatic rings. The zero-order valence-corrected chi connectivity index (χ0v) is 20.0. The highest BCUT2D eigenvalue weighted by Gasteiger charge is 2.32. The number of hydrogen-bond acceptors (Lipinski definition) is 5. The second-order valence-electron chi connectivity index (χ2n) is 7.50. The number of hydrogen-bond donors (Lipinski definition) is 1. The Balaban J connectivity index is 1.49. The number of methoxy groups -OCH3 is 1. The van der Waals surface area contributed by atoms with E-state index in [2.05, 4.69) is 5.32 Å². The van der Waals surface area contributed by atoms with Gasteiger partial charge in [0, 0.05) is 23.1 Å². The molecule has 1 atom stereocenters. The van der Waals surface area contributed by atoms with Crippen LogP contribution in [0.25, 0.3) is 0 Å². The Bertz CT molecular complexity index is 1030. The summed E-state index contributed by atoms with van der Waals surface area (Å²) in [7, 11) is -2.02. The van der Waals surface area contributed by atoms with E-state index in [4.69, 9.17) is 32.7 Å². The number of amides is 1. The molecular formula is C22H26Cl2N2O5S. The minimum absolute atomic E-state index is 0.152. The third kappa shape index (κ3) is 6.75. The van der Waals surface area contributed by atoms with Crippen LogP contribution in [-0.4, -0.2) is 52.0 Å². The van der Waals surface area contributed by atoms with Crippen molar-refractivity contribution in [1.82, 2.24) is 9.62 Å². The third-order valence-electron chi connectivity index (χ3n) is 5.23. The summed E-state index contributed by atoms with van der Waals surface area (Å²) in [6, 6.07) is 11.9. The molecule has 3 rings (SSSR count). The van der Waals surface area contributed by atoms with E-state index in [1.807, 2.05) is 0 Å². The van der Waals surface area contributed by atoms with E-state index in [0.717, 1.165) is 5.75 Å². The zero-order valence-electron chi connectivity index (χ0n) is 17.7. The van der Waals surface area contributed by atoms with Gasteiger partial charge in [0.15, 0.2) is 0 Å². The second-order valence-corrected chi connectivity index (χ2v) is 10.3. The van der Waals surface area contributed by atoms with Crippen molar-refractivity contribution in [3.63, 3.8) is 0 Å². The van der Waals surface area contributed by atoms with Gasteiger partial charge in [0.1, 0.15) is 18.1 Å². The fourth-order valence-corrected chi connectivity index (χ4v) is 5.69. The summed E-state index contributed by atoms with van der Waals surface area (Å²) in [5.41, 5.74) is 0.485. The summed E-state index contributed by atoms with van der Waals surface area (Å²) >= 11 is 12.0. The number of nitrogens with one attached hydrogen (secondary N) is 1. The molecule has 174 valence electrons. The van der Waals surface area contributed by atoms with Gasteiger partial charge in [-0.05, 0) is 54.8 Å². The number of ether oxygens (including phenoxy) is 2. The number of halogens is 2. The van der Waals surface area contributed by atoms with Crippen LogP contribution >= 0.6 is 23.2 Å². The highest BCUT2D eigenvalue weighted by molar-refractivity contribution is 7.88. The predicted molar refractivity (Wildman–Crippen MR) is 125 cm³/mol. The molecular weight excluding hydrogens is 475 g/mol. The van der Waals surface area contributed by atoms with Crippen LogP contribution in [0.2, 0.25) is 10.0 Å². The highest BCUT2D eigenvalue weighted by Crippen LogP contribution is 2.26. The van der Waals surface area contributed by atoms with E-state index in [9.17, 15) is 13.2 Å². The topological polar surface area (TPSA) is 84.9 Å². The first-order valence-corrected chi connectivity index (χ1v) is 12.6. The Kier molecular flexibility index (Phi) is 8.64. The minimum atomic E-state index is -3.61. The van der Waals surface area contributed by atoms with Crippen molar-refractivity contribution in [1.29, 1.82) is 0 Å². The molecule has 1 fully saturated rings. The Morgan fingerprint density at radius 3 is 2.56 bits per heavy atom. The van der Waals surface area contributed by atoms with Gasteiger partial charge in [0.2, 0.25) is 15.9 Å². The molecule has 1 aliphatic heterocycles. The smallest absolute Gasteiger partial charge is 0.224 e. The molecule has 0 aliphatic carbocycles. The van der Waals surface area contributed by atoms with Crippen molar-refractivity contribution in [3.8, 4) is 11.5 Å². The van der Waals surface area contributed by atoms with Crippen molar-refractivity contribution in [2.45, 2.75) is 18.6 Å². The molecule has 1 N–H and O–H groups in total. The van der Waals surface area contributed by atoms with Gasteiger partial charge in [-0.25, -0.2) is 12.7 Å². The molecule has 0 saturated carbocycles. The van der Waals surface area contributed by atoms with Gasteiger partial charge in [0.25, 0.3) is 0 Å². The van der Waals surface area contributed by atoms with E-state index in [-0.39, 0.29) is 18.2 Å². The van der Waals surface area contributed by atoms with Crippen molar-refractivity contribution >= 4 is 39.1 Å². The highest BCUT2D eigenvalue weighted by atomic mass is 35.5. The maximum absolute atomic E-state index is 12.9. The molecule has 0 unspecified atom stereocenters. The van der Waals surface area contributed by atoms with Crippen LogP contribution in [0.5, 0.6) is 11.5 Å². The third-order valence-corrected chi connectivity index (χ3v) is 7.61. The van der Waals surface area contributed by atoms with E-state index >= 15 is 0 Å². The normalized spacial score (nSPS) is 17.0. The number of nitrogens with zero attached hydrogens (tertiary/aromatic N) is 1. The number of rotatable bonds is 9. The maximum Gasteiger partial charge on any atom is 0.224 e. The number of benzene rings is 2. The Hall–Kier alpha value is -2.00. The quantitative estimate of drug-likeness (QED) is 0.530. The van der Waals surface area contributed by atoms with Crippen molar-refractivity contribution in [2.75, 3.05) is 33.4 Å². The number of carbonyl (C=O) groups excluding carboxylic acids is 1. The van der Waals surface area contributed by atoms with E-state index in [0.29, 0.717) is 53.9 Å². The standard InChI is InChI=1S/C22H26Cl2N2O5S/c1-30-19-6-8-20(9-7-19)31-12-10-25-22(27)16-3-2-11-26(14-16)32(28,29)15-17-4-5-18(23)13-21(17)24/h4-9,13,16H,2-3,10-12,14-15H2,1H3,(H,25,27)/t16-/m1/s1. The van der Waals surface area contributed by atoms with Gasteiger partial charge < -0.3 is 14.8 Å². The van der Waals surface area contributed by atoms with Crippen molar-refractivity contribution in [2.24, 2.45) is 5.92 Å². The maximum atomic E-state index is 12.9. The van der Waals surface area contributed by atoms with Gasteiger partial charge in [-0.15, -0.1) is 0 Å². The first kappa shape index (κ1) is 24.6. The molecule has 1 saturated heterocycles. The lowest BCUT2D eigenvalue weighted by atomic mass is 9.99. The fraction of sp³-hybridized carbons (Fsp3) is 0.409. The van der Waals surface area contributed by atoms with E-state index in [1.54, 1.807) is 43.5 Å². The summed E-state index contributed by atoms with van der Waals surface area (Å²) in [4.78, 5) is 12.6. The van der Waals surface area contributed by atoms with Gasteiger partial charge in [-0.3, -0.25) is 4.79 Å². The average molecular weight is 501 g/mol. The molecule has 32 heavy (non-hydrogen) atoms. The van der Waals surface area contributed by atoms with Crippen LogP contribution in [0, 0.1) is 5.92 Å². The molecule has 0 spiro atoms. The molecule has 2 aromatic carbocycles. The molecule has 7 nitrogen and oxygen atoms in total. The first-order valence-electron chi connectivity index (χ1n) is 10.2.